The van der Waals surface area contributed by atoms with Crippen LogP contribution in [0.2, 0.25) is 0 Å². The molecule has 194 valence electrons. The molecule has 38 heavy (non-hydrogen) atoms. The van der Waals surface area contributed by atoms with E-state index in [0.717, 1.165) is 0 Å². The summed E-state index contributed by atoms with van der Waals surface area (Å²) in [6.45, 7) is 0.0293. The van der Waals surface area contributed by atoms with Gasteiger partial charge in [0, 0.05) is 12.1 Å². The topological polar surface area (TPSA) is 139 Å². The highest BCUT2D eigenvalue weighted by Gasteiger charge is 2.16. The van der Waals surface area contributed by atoms with Gasteiger partial charge in [0.15, 0.2) is 5.76 Å². The molecule has 0 aliphatic rings. The summed E-state index contributed by atoms with van der Waals surface area (Å²) in [7, 11) is 2.83. The number of benzene rings is 3. The normalized spacial score (nSPS) is 10.4. The summed E-state index contributed by atoms with van der Waals surface area (Å²) in [5.41, 5.74) is 0.265. The van der Waals surface area contributed by atoms with Crippen LogP contribution in [0.25, 0.3) is 0 Å². The Morgan fingerprint density at radius 3 is 2.21 bits per heavy atom. The van der Waals surface area contributed by atoms with Gasteiger partial charge in [0.05, 0.1) is 36.5 Å². The molecule has 1 aromatic heterocycles. The SMILES string of the molecule is COC(=O)c1ccc(OCc2ccc(C(=O)Nc3cc(Oc4ccc(OC)cc4)cc([N+](=O)[O-])c3)o2)cc1. The lowest BCUT2D eigenvalue weighted by atomic mass is 10.2. The summed E-state index contributed by atoms with van der Waals surface area (Å²) in [5, 5.41) is 14.0. The van der Waals surface area contributed by atoms with Gasteiger partial charge in [-0.3, -0.25) is 14.9 Å². The molecule has 4 aromatic rings. The number of nitrogens with zero attached hydrogens (tertiary/aromatic N) is 1. The second-order valence-electron chi connectivity index (χ2n) is 7.78. The van der Waals surface area contributed by atoms with Crippen molar-refractivity contribution in [3.8, 4) is 23.0 Å². The van der Waals surface area contributed by atoms with Crippen molar-refractivity contribution in [2.45, 2.75) is 6.61 Å². The highest BCUT2D eigenvalue weighted by atomic mass is 16.6. The first kappa shape index (κ1) is 25.8. The van der Waals surface area contributed by atoms with Crippen LogP contribution in [-0.4, -0.2) is 31.0 Å². The standard InChI is InChI=1S/C27H22N2O9/c1-34-20-7-9-22(10-8-20)37-24-14-18(13-19(15-24)29(32)33)28-26(30)25-12-11-23(38-25)16-36-21-5-3-17(4-6-21)27(31)35-2/h3-15H,16H2,1-2H3,(H,28,30). The Morgan fingerprint density at radius 1 is 0.868 bits per heavy atom. The number of nitro groups is 1. The molecule has 0 spiro atoms. The zero-order chi connectivity index (χ0) is 27.1. The van der Waals surface area contributed by atoms with Crippen molar-refractivity contribution >= 4 is 23.3 Å². The molecule has 0 atom stereocenters. The summed E-state index contributed by atoms with van der Waals surface area (Å²) in [5.74, 6) is 0.982. The lowest BCUT2D eigenvalue weighted by Gasteiger charge is -2.09. The summed E-state index contributed by atoms with van der Waals surface area (Å²) < 4.78 is 26.7. The van der Waals surface area contributed by atoms with Gasteiger partial charge >= 0.3 is 5.97 Å². The van der Waals surface area contributed by atoms with Gasteiger partial charge in [-0.2, -0.15) is 0 Å². The molecule has 0 bridgehead atoms. The van der Waals surface area contributed by atoms with Gasteiger partial charge in [0.2, 0.25) is 0 Å². The second-order valence-corrected chi connectivity index (χ2v) is 7.78. The molecule has 11 nitrogen and oxygen atoms in total. The third-order valence-corrected chi connectivity index (χ3v) is 5.20. The highest BCUT2D eigenvalue weighted by Crippen LogP contribution is 2.31. The third-order valence-electron chi connectivity index (χ3n) is 5.20. The molecule has 1 heterocycles. The van der Waals surface area contributed by atoms with E-state index in [9.17, 15) is 19.7 Å². The summed E-state index contributed by atoms with van der Waals surface area (Å²) in [6.07, 6.45) is 0. The van der Waals surface area contributed by atoms with E-state index >= 15 is 0 Å². The van der Waals surface area contributed by atoms with E-state index in [1.165, 1.54) is 38.5 Å². The van der Waals surface area contributed by atoms with Crippen LogP contribution in [0.5, 0.6) is 23.0 Å². The molecule has 0 aliphatic heterocycles. The maximum Gasteiger partial charge on any atom is 0.337 e. The number of hydrogen-bond donors (Lipinski definition) is 1. The first-order valence-electron chi connectivity index (χ1n) is 11.2. The summed E-state index contributed by atoms with van der Waals surface area (Å²) >= 11 is 0. The number of anilines is 1. The van der Waals surface area contributed by atoms with Gasteiger partial charge in [-0.25, -0.2) is 4.79 Å². The highest BCUT2D eigenvalue weighted by molar-refractivity contribution is 6.02. The monoisotopic (exact) mass is 518 g/mol. The lowest BCUT2D eigenvalue weighted by molar-refractivity contribution is -0.384. The van der Waals surface area contributed by atoms with Crippen LogP contribution in [-0.2, 0) is 11.3 Å². The van der Waals surface area contributed by atoms with Crippen LogP contribution >= 0.6 is 0 Å². The Hall–Kier alpha value is -5.32. The Morgan fingerprint density at radius 2 is 1.55 bits per heavy atom. The molecule has 0 aliphatic carbocycles. The number of methoxy groups -OCH3 is 2. The van der Waals surface area contributed by atoms with E-state index in [2.05, 4.69) is 10.1 Å². The predicted molar refractivity (Wildman–Crippen MR) is 135 cm³/mol. The molecule has 11 heteroatoms. The minimum atomic E-state index is -0.616. The number of non-ortho nitro benzene ring substituents is 1. The van der Waals surface area contributed by atoms with Crippen molar-refractivity contribution in [1.82, 2.24) is 0 Å². The Labute approximate surface area is 216 Å². The van der Waals surface area contributed by atoms with Crippen molar-refractivity contribution in [3.05, 3.63) is 106 Å². The van der Waals surface area contributed by atoms with Gasteiger partial charge in [0.1, 0.15) is 35.4 Å². The lowest BCUT2D eigenvalue weighted by Crippen LogP contribution is -2.11. The predicted octanol–water partition coefficient (Wildman–Crippen LogP) is 5.61. The van der Waals surface area contributed by atoms with Crippen molar-refractivity contribution < 1.29 is 37.9 Å². The third kappa shape index (κ3) is 6.46. The quantitative estimate of drug-likeness (QED) is 0.161. The molecule has 1 N–H and O–H groups in total. The number of hydrogen-bond acceptors (Lipinski definition) is 9. The molecule has 1 amide bonds. The minimum Gasteiger partial charge on any atom is -0.497 e. The van der Waals surface area contributed by atoms with Crippen LogP contribution < -0.4 is 19.5 Å². The molecule has 0 unspecified atom stereocenters. The fourth-order valence-electron chi connectivity index (χ4n) is 3.33. The first-order valence-corrected chi connectivity index (χ1v) is 11.2. The van der Waals surface area contributed by atoms with E-state index < -0.39 is 16.8 Å². The van der Waals surface area contributed by atoms with Crippen LogP contribution in [0.15, 0.2) is 83.3 Å². The Kier molecular flexibility index (Phi) is 7.87. The van der Waals surface area contributed by atoms with Gasteiger partial charge in [-0.15, -0.1) is 0 Å². The first-order chi connectivity index (χ1) is 18.3. The van der Waals surface area contributed by atoms with Crippen LogP contribution in [0.1, 0.15) is 26.7 Å². The molecule has 0 saturated heterocycles. The molecule has 0 fully saturated rings. The number of esters is 1. The summed E-state index contributed by atoms with van der Waals surface area (Å²) in [4.78, 5) is 35.1. The molecular formula is C27H22N2O9. The van der Waals surface area contributed by atoms with Gasteiger partial charge in [-0.1, -0.05) is 0 Å². The largest absolute Gasteiger partial charge is 0.497 e. The van der Waals surface area contributed by atoms with E-state index in [0.29, 0.717) is 28.6 Å². The van der Waals surface area contributed by atoms with Crippen molar-refractivity contribution in [1.29, 1.82) is 0 Å². The molecule has 3 aromatic carbocycles. The average molecular weight is 518 g/mol. The number of furan rings is 1. The van der Waals surface area contributed by atoms with Gasteiger partial charge in [-0.05, 0) is 60.7 Å². The minimum absolute atomic E-state index is 0.0197. The zero-order valence-electron chi connectivity index (χ0n) is 20.3. The zero-order valence-corrected chi connectivity index (χ0v) is 20.3. The van der Waals surface area contributed by atoms with E-state index in [1.807, 2.05) is 0 Å². The van der Waals surface area contributed by atoms with E-state index in [1.54, 1.807) is 54.6 Å². The molecule has 4 rings (SSSR count). The van der Waals surface area contributed by atoms with Crippen LogP contribution in [0.3, 0.4) is 0 Å². The molecule has 0 radical (unpaired) electrons. The number of ether oxygens (including phenoxy) is 4. The van der Waals surface area contributed by atoms with Crippen molar-refractivity contribution in [2.75, 3.05) is 19.5 Å². The fraction of sp³-hybridized carbons (Fsp3) is 0.111. The second kappa shape index (κ2) is 11.6. The number of amides is 1. The maximum absolute atomic E-state index is 12.7. The van der Waals surface area contributed by atoms with E-state index in [4.69, 9.17) is 18.6 Å². The van der Waals surface area contributed by atoms with Gasteiger partial charge < -0.3 is 28.7 Å². The smallest absolute Gasteiger partial charge is 0.337 e. The number of nitro benzene ring substituents is 1. The fourth-order valence-corrected chi connectivity index (χ4v) is 3.33. The number of nitrogens with one attached hydrogen (secondary N) is 1. The molecule has 0 saturated carbocycles. The van der Waals surface area contributed by atoms with Crippen molar-refractivity contribution in [3.63, 3.8) is 0 Å². The van der Waals surface area contributed by atoms with Gasteiger partial charge in [0.25, 0.3) is 11.6 Å². The summed E-state index contributed by atoms with van der Waals surface area (Å²) in [6, 6.07) is 20.0. The number of carbonyl (C=O) groups is 2. The van der Waals surface area contributed by atoms with Crippen molar-refractivity contribution in [2.24, 2.45) is 0 Å². The van der Waals surface area contributed by atoms with Crippen LogP contribution in [0, 0.1) is 10.1 Å². The molecular weight excluding hydrogens is 496 g/mol. The number of rotatable bonds is 10. The Balaban J connectivity index is 1.41. The number of carbonyl (C=O) groups excluding carboxylic acids is 2. The Bertz CT molecular complexity index is 1440. The van der Waals surface area contributed by atoms with Crippen LogP contribution in [0.4, 0.5) is 11.4 Å². The average Bonchev–Trinajstić information content (AvgIpc) is 3.41. The van der Waals surface area contributed by atoms with E-state index in [-0.39, 0.29) is 29.5 Å². The maximum atomic E-state index is 12.7.